The summed E-state index contributed by atoms with van der Waals surface area (Å²) in [5, 5.41) is 0. The lowest BCUT2D eigenvalue weighted by molar-refractivity contribution is -0.140. The molecule has 2 aromatic rings. The first-order valence-electron chi connectivity index (χ1n) is 6.62. The van der Waals surface area contributed by atoms with E-state index in [-0.39, 0.29) is 5.82 Å². The van der Waals surface area contributed by atoms with Crippen LogP contribution < -0.4 is 0 Å². The van der Waals surface area contributed by atoms with E-state index in [1.807, 2.05) is 13.8 Å². The molecule has 1 heterocycles. The second kappa shape index (κ2) is 7.11. The first kappa shape index (κ1) is 17.7. The Hall–Kier alpha value is -2.31. The highest BCUT2D eigenvalue weighted by molar-refractivity contribution is 5.89. The number of hydrogen-bond acceptors (Lipinski definition) is 3. The van der Waals surface area contributed by atoms with Crippen LogP contribution in [0.4, 0.5) is 13.2 Å². The van der Waals surface area contributed by atoms with Crippen molar-refractivity contribution in [1.82, 2.24) is 9.55 Å². The number of hydrogen-bond donors (Lipinski definition) is 0. The van der Waals surface area contributed by atoms with E-state index in [1.54, 1.807) is 0 Å². The average molecular weight is 314 g/mol. The third-order valence-electron chi connectivity index (χ3n) is 2.73. The van der Waals surface area contributed by atoms with E-state index in [1.165, 1.54) is 43.0 Å². The molecule has 2 rings (SSSR count). The minimum absolute atomic E-state index is 0.175. The van der Waals surface area contributed by atoms with Crippen molar-refractivity contribution in [2.24, 2.45) is 7.05 Å². The molecule has 120 valence electrons. The van der Waals surface area contributed by atoms with E-state index in [2.05, 4.69) is 9.72 Å². The summed E-state index contributed by atoms with van der Waals surface area (Å²) >= 11 is 0. The highest BCUT2D eigenvalue weighted by Gasteiger charge is 2.34. The van der Waals surface area contributed by atoms with Crippen molar-refractivity contribution in [3.05, 3.63) is 41.7 Å². The molecule has 0 fully saturated rings. The van der Waals surface area contributed by atoms with Crippen molar-refractivity contribution in [2.75, 3.05) is 7.11 Å². The number of carbonyl (C=O) groups is 1. The van der Waals surface area contributed by atoms with Crippen molar-refractivity contribution in [3.8, 4) is 11.4 Å². The van der Waals surface area contributed by atoms with Crippen LogP contribution in [0.3, 0.4) is 0 Å². The molecule has 4 nitrogen and oxygen atoms in total. The van der Waals surface area contributed by atoms with Gasteiger partial charge in [0.25, 0.3) is 0 Å². The van der Waals surface area contributed by atoms with Crippen LogP contribution in [0.25, 0.3) is 11.4 Å². The quantitative estimate of drug-likeness (QED) is 0.789. The maximum atomic E-state index is 12.6. The predicted molar refractivity (Wildman–Crippen MR) is 76.3 cm³/mol. The van der Waals surface area contributed by atoms with E-state index in [9.17, 15) is 18.0 Å². The maximum Gasteiger partial charge on any atom is 0.434 e. The van der Waals surface area contributed by atoms with Crippen LogP contribution in [-0.2, 0) is 18.0 Å². The topological polar surface area (TPSA) is 44.1 Å². The molecule has 22 heavy (non-hydrogen) atoms. The second-order valence-corrected chi connectivity index (χ2v) is 4.13. The van der Waals surface area contributed by atoms with Gasteiger partial charge in [0.2, 0.25) is 0 Å². The standard InChI is InChI=1S/C13H11F3N2O2.C2H6/c1-18-7-10(13(14,15)16)17-11(18)8-3-5-9(6-4-8)12(19)20-2;1-2/h3-7H,1-2H3;1-2H3. The van der Waals surface area contributed by atoms with Gasteiger partial charge in [0, 0.05) is 18.8 Å². The number of methoxy groups -OCH3 is 1. The third-order valence-corrected chi connectivity index (χ3v) is 2.73. The summed E-state index contributed by atoms with van der Waals surface area (Å²) in [5.74, 6) is -0.332. The molecule has 7 heteroatoms. The Labute approximate surface area is 126 Å². The molecular weight excluding hydrogens is 297 g/mol. The summed E-state index contributed by atoms with van der Waals surface area (Å²) in [7, 11) is 2.73. The Morgan fingerprint density at radius 1 is 1.18 bits per heavy atom. The van der Waals surface area contributed by atoms with Gasteiger partial charge in [-0.3, -0.25) is 0 Å². The summed E-state index contributed by atoms with van der Waals surface area (Å²) in [6.07, 6.45) is -3.56. The first-order valence-corrected chi connectivity index (χ1v) is 6.62. The summed E-state index contributed by atoms with van der Waals surface area (Å²) in [5.41, 5.74) is -0.149. The lowest BCUT2D eigenvalue weighted by Crippen LogP contribution is -2.04. The monoisotopic (exact) mass is 314 g/mol. The number of carbonyl (C=O) groups excluding carboxylic acids is 1. The second-order valence-electron chi connectivity index (χ2n) is 4.13. The summed E-state index contributed by atoms with van der Waals surface area (Å²) in [6.45, 7) is 4.00. The third kappa shape index (κ3) is 3.87. The fourth-order valence-corrected chi connectivity index (χ4v) is 1.74. The van der Waals surface area contributed by atoms with E-state index in [0.29, 0.717) is 11.1 Å². The molecule has 0 atom stereocenters. The van der Waals surface area contributed by atoms with Gasteiger partial charge in [0.15, 0.2) is 5.69 Å². The lowest BCUT2D eigenvalue weighted by Gasteiger charge is -2.03. The Bertz CT molecular complexity index is 631. The predicted octanol–water partition coefficient (Wildman–Crippen LogP) is 3.92. The summed E-state index contributed by atoms with van der Waals surface area (Å²) in [6, 6.07) is 6.00. The van der Waals surface area contributed by atoms with Crippen LogP contribution in [0.1, 0.15) is 29.9 Å². The summed E-state index contributed by atoms with van der Waals surface area (Å²) in [4.78, 5) is 14.8. The molecule has 0 saturated heterocycles. The number of aryl methyl sites for hydroxylation is 1. The Balaban J connectivity index is 0.00000116. The molecule has 0 N–H and O–H groups in total. The van der Waals surface area contributed by atoms with Gasteiger partial charge in [0.05, 0.1) is 12.7 Å². The lowest BCUT2D eigenvalue weighted by atomic mass is 10.1. The van der Waals surface area contributed by atoms with Gasteiger partial charge >= 0.3 is 12.1 Å². The summed E-state index contributed by atoms with van der Waals surface area (Å²) < 4.78 is 43.6. The van der Waals surface area contributed by atoms with Gasteiger partial charge < -0.3 is 9.30 Å². The molecule has 1 aromatic carbocycles. The number of aromatic nitrogens is 2. The van der Waals surface area contributed by atoms with E-state index in [0.717, 1.165) is 6.20 Å². The zero-order chi connectivity index (χ0) is 16.9. The van der Waals surface area contributed by atoms with Crippen LogP contribution in [0, 0.1) is 0 Å². The number of esters is 1. The molecule has 0 aliphatic carbocycles. The van der Waals surface area contributed by atoms with Crippen molar-refractivity contribution in [1.29, 1.82) is 0 Å². The zero-order valence-corrected chi connectivity index (χ0v) is 12.7. The number of rotatable bonds is 2. The molecular formula is C15H17F3N2O2. The minimum atomic E-state index is -4.48. The Morgan fingerprint density at radius 2 is 1.73 bits per heavy atom. The van der Waals surface area contributed by atoms with Crippen LogP contribution >= 0.6 is 0 Å². The van der Waals surface area contributed by atoms with Crippen molar-refractivity contribution in [3.63, 3.8) is 0 Å². The first-order chi connectivity index (χ1) is 10.3. The largest absolute Gasteiger partial charge is 0.465 e. The van der Waals surface area contributed by atoms with Gasteiger partial charge in [-0.25, -0.2) is 9.78 Å². The fourth-order valence-electron chi connectivity index (χ4n) is 1.74. The van der Waals surface area contributed by atoms with Gasteiger partial charge in [-0.1, -0.05) is 26.0 Å². The molecule has 1 aromatic heterocycles. The van der Waals surface area contributed by atoms with E-state index < -0.39 is 17.8 Å². The minimum Gasteiger partial charge on any atom is -0.465 e. The SMILES string of the molecule is CC.COC(=O)c1ccc(-c2nc(C(F)(F)F)cn2C)cc1. The molecule has 0 spiro atoms. The van der Waals surface area contributed by atoms with Crippen molar-refractivity contribution in [2.45, 2.75) is 20.0 Å². The molecule has 0 saturated carbocycles. The molecule has 0 amide bonds. The van der Waals surface area contributed by atoms with Crippen LogP contribution in [0.2, 0.25) is 0 Å². The average Bonchev–Trinajstić information content (AvgIpc) is 2.91. The normalized spacial score (nSPS) is 10.7. The molecule has 0 aliphatic heterocycles. The Morgan fingerprint density at radius 3 is 2.14 bits per heavy atom. The molecule has 0 radical (unpaired) electrons. The number of benzene rings is 1. The van der Waals surface area contributed by atoms with Crippen LogP contribution in [0.15, 0.2) is 30.5 Å². The maximum absolute atomic E-state index is 12.6. The van der Waals surface area contributed by atoms with Gasteiger partial charge in [-0.2, -0.15) is 13.2 Å². The molecule has 0 unspecified atom stereocenters. The number of alkyl halides is 3. The van der Waals surface area contributed by atoms with Crippen LogP contribution in [-0.4, -0.2) is 22.6 Å². The Kier molecular flexibility index (Phi) is 5.73. The molecule has 0 bridgehead atoms. The van der Waals surface area contributed by atoms with Crippen molar-refractivity contribution < 1.29 is 22.7 Å². The van der Waals surface area contributed by atoms with Gasteiger partial charge in [-0.05, 0) is 12.1 Å². The zero-order valence-electron chi connectivity index (χ0n) is 12.7. The smallest absolute Gasteiger partial charge is 0.434 e. The van der Waals surface area contributed by atoms with E-state index >= 15 is 0 Å². The number of nitrogens with zero attached hydrogens (tertiary/aromatic N) is 2. The highest BCUT2D eigenvalue weighted by atomic mass is 19.4. The number of halogens is 3. The van der Waals surface area contributed by atoms with Crippen LogP contribution in [0.5, 0.6) is 0 Å². The van der Waals surface area contributed by atoms with Gasteiger partial charge in [0.1, 0.15) is 5.82 Å². The van der Waals surface area contributed by atoms with E-state index in [4.69, 9.17) is 0 Å². The fraction of sp³-hybridized carbons (Fsp3) is 0.333. The molecule has 0 aliphatic rings. The van der Waals surface area contributed by atoms with Crippen molar-refractivity contribution >= 4 is 5.97 Å². The van der Waals surface area contributed by atoms with Gasteiger partial charge in [-0.15, -0.1) is 0 Å². The number of imidazole rings is 1. The highest BCUT2D eigenvalue weighted by Crippen LogP contribution is 2.30. The number of ether oxygens (including phenoxy) is 1.